The van der Waals surface area contributed by atoms with Crippen LogP contribution in [0.5, 0.6) is 0 Å². The molecule has 1 aromatic carbocycles. The van der Waals surface area contributed by atoms with Crippen molar-refractivity contribution in [2.24, 2.45) is 5.73 Å². The lowest BCUT2D eigenvalue weighted by Gasteiger charge is -1.98. The summed E-state index contributed by atoms with van der Waals surface area (Å²) in [6.07, 6.45) is 0. The highest BCUT2D eigenvalue weighted by molar-refractivity contribution is 5.95. The predicted molar refractivity (Wildman–Crippen MR) is 60.3 cm³/mol. The summed E-state index contributed by atoms with van der Waals surface area (Å²) in [6.45, 7) is 0. The van der Waals surface area contributed by atoms with E-state index in [1.54, 1.807) is 12.1 Å². The third-order valence-corrected chi connectivity index (χ3v) is 2.02. The van der Waals surface area contributed by atoms with Crippen LogP contribution in [-0.2, 0) is 0 Å². The predicted octanol–water partition coefficient (Wildman–Crippen LogP) is 1.05. The van der Waals surface area contributed by atoms with Gasteiger partial charge in [-0.1, -0.05) is 18.2 Å². The van der Waals surface area contributed by atoms with Crippen molar-refractivity contribution in [3.05, 3.63) is 46.2 Å². The van der Waals surface area contributed by atoms with Gasteiger partial charge in [-0.05, 0) is 17.5 Å². The van der Waals surface area contributed by atoms with Crippen molar-refractivity contribution in [1.29, 1.82) is 0 Å². The van der Waals surface area contributed by atoms with E-state index in [4.69, 9.17) is 5.73 Å². The maximum absolute atomic E-state index is 11.3. The van der Waals surface area contributed by atoms with Crippen molar-refractivity contribution >= 4 is 29.2 Å². The zero-order valence-electron chi connectivity index (χ0n) is 7.69. The van der Waals surface area contributed by atoms with Crippen molar-refractivity contribution in [3.63, 3.8) is 0 Å². The Balaban J connectivity index is 0.00000112. The van der Waals surface area contributed by atoms with Gasteiger partial charge in [0.2, 0.25) is 0 Å². The largest absolute Gasteiger partial charge is 0.365 e. The van der Waals surface area contributed by atoms with E-state index in [1.165, 1.54) is 6.07 Å². The summed E-state index contributed by atoms with van der Waals surface area (Å²) in [7, 11) is 0. The van der Waals surface area contributed by atoms with Crippen molar-refractivity contribution in [2.75, 3.05) is 0 Å². The number of hydrogen-bond acceptors (Lipinski definition) is 2. The second-order valence-corrected chi connectivity index (χ2v) is 2.96. The van der Waals surface area contributed by atoms with Crippen LogP contribution in [0.2, 0.25) is 0 Å². The molecule has 2 rings (SSSR count). The van der Waals surface area contributed by atoms with E-state index >= 15 is 0 Å². The Hall–Kier alpha value is -1.81. The second-order valence-electron chi connectivity index (χ2n) is 2.96. The van der Waals surface area contributed by atoms with Gasteiger partial charge >= 0.3 is 0 Å². The highest BCUT2D eigenvalue weighted by atomic mass is 35.5. The molecule has 0 aliphatic rings. The van der Waals surface area contributed by atoms with E-state index in [0.29, 0.717) is 5.52 Å². The number of nitrogens with one attached hydrogen (secondary N) is 1. The van der Waals surface area contributed by atoms with Crippen molar-refractivity contribution < 1.29 is 4.79 Å². The van der Waals surface area contributed by atoms with Crippen LogP contribution in [0.3, 0.4) is 0 Å². The molecule has 0 atom stereocenters. The summed E-state index contributed by atoms with van der Waals surface area (Å²) >= 11 is 0. The van der Waals surface area contributed by atoms with Crippen LogP contribution >= 0.6 is 12.4 Å². The molecule has 1 aromatic heterocycles. The Labute approximate surface area is 91.5 Å². The number of primary amides is 1. The van der Waals surface area contributed by atoms with Gasteiger partial charge in [-0.3, -0.25) is 9.59 Å². The number of para-hydroxylation sites is 1. The van der Waals surface area contributed by atoms with Gasteiger partial charge in [0, 0.05) is 5.52 Å². The monoisotopic (exact) mass is 224 g/mol. The molecule has 4 nitrogen and oxygen atoms in total. The van der Waals surface area contributed by atoms with E-state index < -0.39 is 11.5 Å². The normalized spacial score (nSPS) is 9.60. The summed E-state index contributed by atoms with van der Waals surface area (Å²) in [4.78, 5) is 24.8. The van der Waals surface area contributed by atoms with E-state index in [2.05, 4.69) is 4.98 Å². The molecule has 0 aliphatic carbocycles. The van der Waals surface area contributed by atoms with Crippen LogP contribution in [0.15, 0.2) is 35.1 Å². The number of benzene rings is 1. The van der Waals surface area contributed by atoms with Crippen LogP contribution in [0.25, 0.3) is 10.9 Å². The quantitative estimate of drug-likeness (QED) is 0.760. The van der Waals surface area contributed by atoms with Gasteiger partial charge in [0.25, 0.3) is 11.5 Å². The molecule has 0 bridgehead atoms. The molecule has 3 N–H and O–H groups in total. The number of halogens is 1. The smallest absolute Gasteiger partial charge is 0.261 e. The van der Waals surface area contributed by atoms with Gasteiger partial charge in [-0.25, -0.2) is 0 Å². The van der Waals surface area contributed by atoms with E-state index in [9.17, 15) is 9.59 Å². The second kappa shape index (κ2) is 4.14. The highest BCUT2D eigenvalue weighted by Crippen LogP contribution is 2.09. The van der Waals surface area contributed by atoms with Gasteiger partial charge in [0.1, 0.15) is 5.56 Å². The molecule has 0 spiro atoms. The number of fused-ring (bicyclic) bond motifs is 1. The molecule has 0 saturated heterocycles. The van der Waals surface area contributed by atoms with E-state index in [1.807, 2.05) is 12.1 Å². The third-order valence-electron chi connectivity index (χ3n) is 2.02. The summed E-state index contributed by atoms with van der Waals surface area (Å²) in [6, 6.07) is 8.70. The third kappa shape index (κ3) is 1.99. The molecule has 0 unspecified atom stereocenters. The Morgan fingerprint density at radius 1 is 1.27 bits per heavy atom. The number of pyridine rings is 1. The lowest BCUT2D eigenvalue weighted by molar-refractivity contribution is 0.0999. The van der Waals surface area contributed by atoms with Crippen LogP contribution in [0, 0.1) is 0 Å². The number of H-pyrrole nitrogens is 1. The summed E-state index contributed by atoms with van der Waals surface area (Å²) in [5.41, 5.74) is 5.29. The van der Waals surface area contributed by atoms with Gasteiger partial charge in [-0.2, -0.15) is 0 Å². The SMILES string of the molecule is Cl.NC(=O)c1cc2ccccc2[nH]c1=O. The van der Waals surface area contributed by atoms with Crippen molar-refractivity contribution in [2.45, 2.75) is 0 Å². The average Bonchev–Trinajstić information content (AvgIpc) is 2.16. The Kier molecular flexibility index (Phi) is 3.11. The molecule has 0 saturated carbocycles. The summed E-state index contributed by atoms with van der Waals surface area (Å²) in [5, 5.41) is 0.793. The standard InChI is InChI=1S/C10H8N2O2.ClH/c11-9(13)7-5-6-3-1-2-4-8(6)12-10(7)14;/h1-5H,(H2,11,13)(H,12,14);1H. The minimum atomic E-state index is -0.711. The fraction of sp³-hybridized carbons (Fsp3) is 0. The Bertz CT molecular complexity index is 563. The van der Waals surface area contributed by atoms with Gasteiger partial charge in [0.05, 0.1) is 0 Å². The number of hydrogen-bond donors (Lipinski definition) is 2. The molecule has 0 radical (unpaired) electrons. The van der Waals surface area contributed by atoms with E-state index in [-0.39, 0.29) is 18.0 Å². The minimum absolute atomic E-state index is 0. The van der Waals surface area contributed by atoms with E-state index in [0.717, 1.165) is 5.39 Å². The molecular weight excluding hydrogens is 216 g/mol. The Morgan fingerprint density at radius 2 is 1.93 bits per heavy atom. The number of aromatic nitrogens is 1. The van der Waals surface area contributed by atoms with Crippen molar-refractivity contribution in [1.82, 2.24) is 4.98 Å². The number of amides is 1. The number of carbonyl (C=O) groups excluding carboxylic acids is 1. The van der Waals surface area contributed by atoms with Crippen LogP contribution in [0.4, 0.5) is 0 Å². The van der Waals surface area contributed by atoms with Crippen LogP contribution in [0.1, 0.15) is 10.4 Å². The molecule has 15 heavy (non-hydrogen) atoms. The van der Waals surface area contributed by atoms with Gasteiger partial charge in [-0.15, -0.1) is 12.4 Å². The first-order valence-electron chi connectivity index (χ1n) is 4.10. The molecule has 5 heteroatoms. The van der Waals surface area contributed by atoms with Crippen LogP contribution < -0.4 is 11.3 Å². The lowest BCUT2D eigenvalue weighted by Crippen LogP contribution is -2.23. The maximum Gasteiger partial charge on any atom is 0.261 e. The van der Waals surface area contributed by atoms with Crippen molar-refractivity contribution in [3.8, 4) is 0 Å². The first kappa shape index (κ1) is 11.3. The molecule has 78 valence electrons. The molecule has 0 fully saturated rings. The zero-order valence-corrected chi connectivity index (χ0v) is 8.51. The highest BCUT2D eigenvalue weighted by Gasteiger charge is 2.06. The molecule has 1 heterocycles. The number of carbonyl (C=O) groups is 1. The van der Waals surface area contributed by atoms with Crippen LogP contribution in [-0.4, -0.2) is 10.9 Å². The van der Waals surface area contributed by atoms with Gasteiger partial charge in [0.15, 0.2) is 0 Å². The fourth-order valence-electron chi connectivity index (χ4n) is 1.33. The van der Waals surface area contributed by atoms with Gasteiger partial charge < -0.3 is 10.7 Å². The molecule has 0 aliphatic heterocycles. The zero-order chi connectivity index (χ0) is 10.1. The fourth-order valence-corrected chi connectivity index (χ4v) is 1.33. The molecular formula is C10H9ClN2O2. The molecule has 1 amide bonds. The minimum Gasteiger partial charge on any atom is -0.365 e. The molecule has 2 aromatic rings. The lowest BCUT2D eigenvalue weighted by atomic mass is 10.1. The summed E-state index contributed by atoms with van der Waals surface area (Å²) < 4.78 is 0. The number of nitrogens with two attached hydrogens (primary N) is 1. The average molecular weight is 225 g/mol. The first-order valence-corrected chi connectivity index (χ1v) is 4.10. The first-order chi connectivity index (χ1) is 6.68. The maximum atomic E-state index is 11.3. The number of rotatable bonds is 1. The topological polar surface area (TPSA) is 76.0 Å². The summed E-state index contributed by atoms with van der Waals surface area (Å²) in [5.74, 6) is -0.711. The Morgan fingerprint density at radius 3 is 2.60 bits per heavy atom. The number of aromatic amines is 1.